The first kappa shape index (κ1) is 14.5. The number of hydrogen-bond donors (Lipinski definition) is 2. The molecule has 6 nitrogen and oxygen atoms in total. The van der Waals surface area contributed by atoms with Gasteiger partial charge in [-0.1, -0.05) is 13.8 Å². The fourth-order valence-corrected chi connectivity index (χ4v) is 1.86. The number of likely N-dealkylation sites (N-methyl/N-ethyl adjacent to an activating group) is 1. The summed E-state index contributed by atoms with van der Waals surface area (Å²) in [6, 6.07) is 2.16. The van der Waals surface area contributed by atoms with Crippen molar-refractivity contribution in [1.29, 1.82) is 0 Å². The molecule has 0 aliphatic carbocycles. The first-order chi connectivity index (χ1) is 8.43. The van der Waals surface area contributed by atoms with Crippen molar-refractivity contribution in [1.82, 2.24) is 14.9 Å². The van der Waals surface area contributed by atoms with Gasteiger partial charge in [0, 0.05) is 18.7 Å². The largest absolute Gasteiger partial charge is 0.481 e. The zero-order chi connectivity index (χ0) is 13.7. The molecular weight excluding hydrogens is 230 g/mol. The standard InChI is InChI=1S/C12H23N5O/c1-8(2)9(17(3)4)7-14-10-6-11(18-5)16-12(13)15-10/h6,8-9H,7H2,1-5H3,(H3,13,14,15,16)/t9-/m1/s1. The van der Waals surface area contributed by atoms with Gasteiger partial charge in [-0.3, -0.25) is 0 Å². The molecule has 0 fully saturated rings. The molecule has 18 heavy (non-hydrogen) atoms. The second-order valence-electron chi connectivity index (χ2n) is 4.81. The van der Waals surface area contributed by atoms with Crippen LogP contribution < -0.4 is 15.8 Å². The molecule has 0 radical (unpaired) electrons. The molecule has 0 unspecified atom stereocenters. The Balaban J connectivity index is 2.70. The fraction of sp³-hybridized carbons (Fsp3) is 0.667. The van der Waals surface area contributed by atoms with Gasteiger partial charge in [0.25, 0.3) is 0 Å². The highest BCUT2D eigenvalue weighted by Crippen LogP contribution is 2.15. The minimum Gasteiger partial charge on any atom is -0.481 e. The van der Waals surface area contributed by atoms with Gasteiger partial charge in [-0.05, 0) is 20.0 Å². The van der Waals surface area contributed by atoms with Crippen LogP contribution in [-0.4, -0.2) is 48.7 Å². The average Bonchev–Trinajstić information content (AvgIpc) is 2.27. The first-order valence-corrected chi connectivity index (χ1v) is 6.03. The van der Waals surface area contributed by atoms with Gasteiger partial charge in [0.1, 0.15) is 5.82 Å². The van der Waals surface area contributed by atoms with Gasteiger partial charge in [-0.15, -0.1) is 0 Å². The third-order valence-corrected chi connectivity index (χ3v) is 2.85. The summed E-state index contributed by atoms with van der Waals surface area (Å²) in [4.78, 5) is 10.3. The topological polar surface area (TPSA) is 76.3 Å². The van der Waals surface area contributed by atoms with E-state index in [0.29, 0.717) is 23.7 Å². The van der Waals surface area contributed by atoms with E-state index in [2.05, 4.69) is 48.1 Å². The van der Waals surface area contributed by atoms with Crippen molar-refractivity contribution in [2.75, 3.05) is 38.8 Å². The van der Waals surface area contributed by atoms with Gasteiger partial charge in [0.05, 0.1) is 7.11 Å². The Kier molecular flexibility index (Phi) is 5.15. The predicted molar refractivity (Wildman–Crippen MR) is 73.8 cm³/mol. The van der Waals surface area contributed by atoms with E-state index in [1.165, 1.54) is 0 Å². The molecule has 1 aromatic heterocycles. The van der Waals surface area contributed by atoms with E-state index in [-0.39, 0.29) is 5.95 Å². The van der Waals surface area contributed by atoms with Crippen molar-refractivity contribution in [3.05, 3.63) is 6.07 Å². The molecule has 0 aliphatic heterocycles. The summed E-state index contributed by atoms with van der Waals surface area (Å²) in [6.45, 7) is 5.19. The van der Waals surface area contributed by atoms with Gasteiger partial charge in [-0.25, -0.2) is 0 Å². The molecule has 1 atom stereocenters. The van der Waals surface area contributed by atoms with Crippen molar-refractivity contribution in [3.63, 3.8) is 0 Å². The van der Waals surface area contributed by atoms with Crippen LogP contribution in [0.1, 0.15) is 13.8 Å². The van der Waals surface area contributed by atoms with Gasteiger partial charge in [-0.2, -0.15) is 9.97 Å². The molecule has 0 spiro atoms. The van der Waals surface area contributed by atoms with Crippen molar-refractivity contribution >= 4 is 11.8 Å². The minimum absolute atomic E-state index is 0.211. The maximum Gasteiger partial charge on any atom is 0.225 e. The summed E-state index contributed by atoms with van der Waals surface area (Å²) < 4.78 is 5.06. The number of aromatic nitrogens is 2. The Bertz CT molecular complexity index is 373. The second-order valence-corrected chi connectivity index (χ2v) is 4.81. The van der Waals surface area contributed by atoms with Crippen LogP contribution in [0.5, 0.6) is 5.88 Å². The first-order valence-electron chi connectivity index (χ1n) is 6.03. The summed E-state index contributed by atoms with van der Waals surface area (Å²) in [7, 11) is 5.70. The fourth-order valence-electron chi connectivity index (χ4n) is 1.86. The lowest BCUT2D eigenvalue weighted by Gasteiger charge is -2.28. The summed E-state index contributed by atoms with van der Waals surface area (Å²) in [5.74, 6) is 1.92. The van der Waals surface area contributed by atoms with Crippen molar-refractivity contribution < 1.29 is 4.74 Å². The van der Waals surface area contributed by atoms with Gasteiger partial charge in [0.2, 0.25) is 11.8 Å². The van der Waals surface area contributed by atoms with Crippen LogP contribution in [0.2, 0.25) is 0 Å². The number of nitrogen functional groups attached to an aromatic ring is 1. The molecule has 0 aromatic carbocycles. The lowest BCUT2D eigenvalue weighted by atomic mass is 10.0. The predicted octanol–water partition coefficient (Wildman–Crippen LogP) is 1.07. The van der Waals surface area contributed by atoms with Crippen LogP contribution in [0, 0.1) is 5.92 Å². The van der Waals surface area contributed by atoms with E-state index in [0.717, 1.165) is 6.54 Å². The number of nitrogens with two attached hydrogens (primary N) is 1. The van der Waals surface area contributed by atoms with Gasteiger partial charge >= 0.3 is 0 Å². The molecule has 0 aliphatic rings. The average molecular weight is 253 g/mol. The second kappa shape index (κ2) is 6.39. The van der Waals surface area contributed by atoms with Crippen LogP contribution in [0.4, 0.5) is 11.8 Å². The SMILES string of the molecule is COc1cc(NC[C@H](C(C)C)N(C)C)nc(N)n1. The van der Waals surface area contributed by atoms with Crippen LogP contribution >= 0.6 is 0 Å². The number of anilines is 2. The molecule has 0 bridgehead atoms. The highest BCUT2D eigenvalue weighted by atomic mass is 16.5. The zero-order valence-electron chi connectivity index (χ0n) is 11.8. The van der Waals surface area contributed by atoms with E-state index in [1.807, 2.05) is 0 Å². The highest BCUT2D eigenvalue weighted by molar-refractivity contribution is 5.42. The smallest absolute Gasteiger partial charge is 0.225 e. The lowest BCUT2D eigenvalue weighted by Crippen LogP contribution is -2.38. The molecule has 1 aromatic rings. The Morgan fingerprint density at radius 1 is 1.39 bits per heavy atom. The number of ether oxygens (including phenoxy) is 1. The number of methoxy groups -OCH3 is 1. The molecule has 1 rings (SSSR count). The van der Waals surface area contributed by atoms with Crippen molar-refractivity contribution in [3.8, 4) is 5.88 Å². The van der Waals surface area contributed by atoms with Gasteiger partial charge in [0.15, 0.2) is 0 Å². The Labute approximate surface area is 109 Å². The van der Waals surface area contributed by atoms with E-state index >= 15 is 0 Å². The third-order valence-electron chi connectivity index (χ3n) is 2.85. The maximum absolute atomic E-state index is 5.61. The Morgan fingerprint density at radius 3 is 2.56 bits per heavy atom. The monoisotopic (exact) mass is 253 g/mol. The van der Waals surface area contributed by atoms with Crippen LogP contribution in [0.15, 0.2) is 6.07 Å². The highest BCUT2D eigenvalue weighted by Gasteiger charge is 2.15. The van der Waals surface area contributed by atoms with Crippen molar-refractivity contribution in [2.45, 2.75) is 19.9 Å². The molecule has 3 N–H and O–H groups in total. The molecule has 0 saturated heterocycles. The van der Waals surface area contributed by atoms with E-state index in [1.54, 1.807) is 13.2 Å². The Hall–Kier alpha value is -1.56. The van der Waals surface area contributed by atoms with Gasteiger partial charge < -0.3 is 20.7 Å². The summed E-state index contributed by atoms with van der Waals surface area (Å²) in [5, 5.41) is 3.27. The zero-order valence-corrected chi connectivity index (χ0v) is 11.8. The number of nitrogens with one attached hydrogen (secondary N) is 1. The van der Waals surface area contributed by atoms with E-state index in [9.17, 15) is 0 Å². The quantitative estimate of drug-likeness (QED) is 0.789. The molecule has 1 heterocycles. The summed E-state index contributed by atoms with van der Waals surface area (Å²) in [6.07, 6.45) is 0. The summed E-state index contributed by atoms with van der Waals surface area (Å²) >= 11 is 0. The summed E-state index contributed by atoms with van der Waals surface area (Å²) in [5.41, 5.74) is 5.61. The number of hydrogen-bond acceptors (Lipinski definition) is 6. The van der Waals surface area contributed by atoms with Crippen LogP contribution in [0.25, 0.3) is 0 Å². The minimum atomic E-state index is 0.211. The molecule has 0 amide bonds. The van der Waals surface area contributed by atoms with Crippen LogP contribution in [-0.2, 0) is 0 Å². The van der Waals surface area contributed by atoms with E-state index < -0.39 is 0 Å². The van der Waals surface area contributed by atoms with E-state index in [4.69, 9.17) is 10.5 Å². The molecule has 6 heteroatoms. The third kappa shape index (κ3) is 4.03. The van der Waals surface area contributed by atoms with Crippen molar-refractivity contribution in [2.24, 2.45) is 5.92 Å². The number of nitrogens with zero attached hydrogens (tertiary/aromatic N) is 3. The molecule has 102 valence electrons. The van der Waals surface area contributed by atoms with Crippen LogP contribution in [0.3, 0.4) is 0 Å². The lowest BCUT2D eigenvalue weighted by molar-refractivity contribution is 0.243. The molecular formula is C12H23N5O. The number of rotatable bonds is 6. The maximum atomic E-state index is 5.61. The normalized spacial score (nSPS) is 12.8. The Morgan fingerprint density at radius 2 is 2.06 bits per heavy atom. The molecule has 0 saturated carbocycles.